The maximum atomic E-state index is 12.7. The van der Waals surface area contributed by atoms with Crippen molar-refractivity contribution in [3.8, 4) is 17.2 Å². The van der Waals surface area contributed by atoms with E-state index < -0.39 is 0 Å². The molecule has 0 N–H and O–H groups in total. The largest absolute Gasteiger partial charge is 0.497 e. The van der Waals surface area contributed by atoms with Gasteiger partial charge in [0.05, 0.1) is 25.2 Å². The topological polar surface area (TPSA) is 57.2 Å². The van der Waals surface area contributed by atoms with Gasteiger partial charge >= 0.3 is 5.97 Å². The van der Waals surface area contributed by atoms with E-state index in [1.165, 1.54) is 11.1 Å². The third-order valence-electron chi connectivity index (χ3n) is 6.71. The molecule has 2 aromatic carbocycles. The van der Waals surface area contributed by atoms with Crippen molar-refractivity contribution in [2.24, 2.45) is 0 Å². The van der Waals surface area contributed by atoms with E-state index in [2.05, 4.69) is 24.1 Å². The van der Waals surface area contributed by atoms with Gasteiger partial charge in [0.1, 0.15) is 18.0 Å². The molecule has 3 unspecified atom stereocenters. The summed E-state index contributed by atoms with van der Waals surface area (Å²) in [5.74, 6) is 1.96. The zero-order valence-electron chi connectivity index (χ0n) is 18.1. The van der Waals surface area contributed by atoms with Crippen LogP contribution in [0.15, 0.2) is 48.6 Å². The van der Waals surface area contributed by atoms with Gasteiger partial charge < -0.3 is 23.8 Å². The SMILES string of the molecule is COc1ccc(C(=O)OC2C=CC34CCN(C)Cc5ccc(OC)c(c53)OC4C2)cc1. The van der Waals surface area contributed by atoms with E-state index in [0.717, 1.165) is 31.0 Å². The standard InChI is InChI=1S/C25H27NO5/c1-26-13-12-25-11-10-19(30-24(27)16-4-7-18(28-2)8-5-16)14-21(25)31-23-20(29-3)9-6-17(15-26)22(23)25/h4-11,19,21H,12-15H2,1-3H3. The van der Waals surface area contributed by atoms with Crippen LogP contribution in [0.25, 0.3) is 0 Å². The molecule has 0 amide bonds. The molecule has 5 rings (SSSR count). The molecule has 0 aromatic heterocycles. The zero-order valence-corrected chi connectivity index (χ0v) is 18.1. The lowest BCUT2D eigenvalue weighted by Crippen LogP contribution is -2.43. The van der Waals surface area contributed by atoms with Crippen molar-refractivity contribution < 1.29 is 23.7 Å². The molecule has 3 atom stereocenters. The van der Waals surface area contributed by atoms with Crippen molar-refractivity contribution in [2.45, 2.75) is 37.0 Å². The average Bonchev–Trinajstić information content (AvgIpc) is 3.05. The molecular weight excluding hydrogens is 394 g/mol. The number of hydrogen-bond acceptors (Lipinski definition) is 6. The normalized spacial score (nSPS) is 26.3. The van der Waals surface area contributed by atoms with Gasteiger partial charge in [0.15, 0.2) is 11.5 Å². The first-order chi connectivity index (χ1) is 15.0. The van der Waals surface area contributed by atoms with Crippen LogP contribution in [0.2, 0.25) is 0 Å². The van der Waals surface area contributed by atoms with Gasteiger partial charge in [-0.25, -0.2) is 4.79 Å². The van der Waals surface area contributed by atoms with Crippen LogP contribution in [0, 0.1) is 0 Å². The van der Waals surface area contributed by atoms with Gasteiger partial charge in [-0.05, 0) is 62.0 Å². The lowest BCUT2D eigenvalue weighted by atomic mass is 9.69. The fraction of sp³-hybridized carbons (Fsp3) is 0.400. The number of esters is 1. The first kappa shape index (κ1) is 19.9. The minimum atomic E-state index is -0.345. The molecule has 1 aliphatic carbocycles. The third kappa shape index (κ3) is 3.26. The number of carbonyl (C=O) groups is 1. The van der Waals surface area contributed by atoms with Crippen LogP contribution in [0.5, 0.6) is 17.2 Å². The quantitative estimate of drug-likeness (QED) is 0.554. The summed E-state index contributed by atoms with van der Waals surface area (Å²) in [5.41, 5.74) is 2.80. The second-order valence-corrected chi connectivity index (χ2v) is 8.53. The fourth-order valence-corrected chi connectivity index (χ4v) is 5.09. The van der Waals surface area contributed by atoms with Crippen LogP contribution in [0.3, 0.4) is 0 Å². The molecule has 31 heavy (non-hydrogen) atoms. The van der Waals surface area contributed by atoms with Gasteiger partial charge in [0.25, 0.3) is 0 Å². The predicted octanol–water partition coefficient (Wildman–Crippen LogP) is 3.72. The summed E-state index contributed by atoms with van der Waals surface area (Å²) >= 11 is 0. The molecule has 2 aromatic rings. The Bertz CT molecular complexity index is 1030. The Morgan fingerprint density at radius 1 is 1.13 bits per heavy atom. The zero-order chi connectivity index (χ0) is 21.6. The smallest absolute Gasteiger partial charge is 0.338 e. The Morgan fingerprint density at radius 2 is 1.94 bits per heavy atom. The molecule has 0 saturated heterocycles. The van der Waals surface area contributed by atoms with E-state index in [1.54, 1.807) is 38.5 Å². The Morgan fingerprint density at radius 3 is 2.68 bits per heavy atom. The van der Waals surface area contributed by atoms with Crippen molar-refractivity contribution in [2.75, 3.05) is 27.8 Å². The first-order valence-electron chi connectivity index (χ1n) is 10.6. The molecule has 0 fully saturated rings. The molecule has 6 heteroatoms. The number of methoxy groups -OCH3 is 2. The molecule has 1 spiro atoms. The predicted molar refractivity (Wildman–Crippen MR) is 116 cm³/mol. The molecule has 0 saturated carbocycles. The summed E-state index contributed by atoms with van der Waals surface area (Å²) in [6.07, 6.45) is 5.38. The summed E-state index contributed by atoms with van der Waals surface area (Å²) in [7, 11) is 5.42. The second-order valence-electron chi connectivity index (χ2n) is 8.53. The number of hydrogen-bond donors (Lipinski definition) is 0. The van der Waals surface area contributed by atoms with E-state index in [4.69, 9.17) is 18.9 Å². The van der Waals surface area contributed by atoms with Gasteiger partial charge in [-0.3, -0.25) is 0 Å². The third-order valence-corrected chi connectivity index (χ3v) is 6.71. The number of ether oxygens (including phenoxy) is 4. The summed E-state index contributed by atoms with van der Waals surface area (Å²) in [4.78, 5) is 15.0. The van der Waals surface area contributed by atoms with Gasteiger partial charge in [-0.2, -0.15) is 0 Å². The van der Waals surface area contributed by atoms with Gasteiger partial charge in [0, 0.05) is 18.5 Å². The number of benzene rings is 2. The first-order valence-corrected chi connectivity index (χ1v) is 10.6. The van der Waals surface area contributed by atoms with Crippen LogP contribution >= 0.6 is 0 Å². The number of rotatable bonds is 4. The van der Waals surface area contributed by atoms with Crippen molar-refractivity contribution in [3.05, 3.63) is 65.2 Å². The van der Waals surface area contributed by atoms with Crippen molar-refractivity contribution in [1.82, 2.24) is 4.90 Å². The van der Waals surface area contributed by atoms with Crippen molar-refractivity contribution >= 4 is 5.97 Å². The minimum Gasteiger partial charge on any atom is -0.497 e. The average molecular weight is 421 g/mol. The highest BCUT2D eigenvalue weighted by Gasteiger charge is 2.53. The monoisotopic (exact) mass is 421 g/mol. The van der Waals surface area contributed by atoms with Crippen LogP contribution in [-0.4, -0.2) is 50.9 Å². The highest BCUT2D eigenvalue weighted by atomic mass is 16.6. The van der Waals surface area contributed by atoms with E-state index >= 15 is 0 Å². The van der Waals surface area contributed by atoms with Crippen LogP contribution in [0.4, 0.5) is 0 Å². The molecule has 2 heterocycles. The second kappa shape index (κ2) is 7.61. The van der Waals surface area contributed by atoms with Gasteiger partial charge in [-0.15, -0.1) is 0 Å². The highest BCUT2D eigenvalue weighted by molar-refractivity contribution is 5.89. The van der Waals surface area contributed by atoms with E-state index in [-0.39, 0.29) is 23.6 Å². The minimum absolute atomic E-state index is 0.0947. The maximum absolute atomic E-state index is 12.7. The highest BCUT2D eigenvalue weighted by Crippen LogP contribution is 2.55. The summed E-state index contributed by atoms with van der Waals surface area (Å²) in [6.45, 7) is 1.85. The molecule has 3 aliphatic rings. The Hall–Kier alpha value is -2.99. The lowest BCUT2D eigenvalue weighted by Gasteiger charge is -2.36. The van der Waals surface area contributed by atoms with E-state index in [0.29, 0.717) is 17.7 Å². The molecular formula is C25H27NO5. The summed E-state index contributed by atoms with van der Waals surface area (Å²) in [6, 6.07) is 11.1. The van der Waals surface area contributed by atoms with E-state index in [9.17, 15) is 4.79 Å². The number of nitrogens with zero attached hydrogens (tertiary/aromatic N) is 1. The van der Waals surface area contributed by atoms with E-state index in [1.807, 2.05) is 12.1 Å². The number of carbonyl (C=O) groups excluding carboxylic acids is 1. The molecule has 6 nitrogen and oxygen atoms in total. The Kier molecular flexibility index (Phi) is 4.89. The Balaban J connectivity index is 1.43. The van der Waals surface area contributed by atoms with Crippen LogP contribution in [0.1, 0.15) is 34.3 Å². The molecule has 162 valence electrons. The molecule has 2 aliphatic heterocycles. The lowest BCUT2D eigenvalue weighted by molar-refractivity contribution is 0.0218. The van der Waals surface area contributed by atoms with Crippen LogP contribution in [-0.2, 0) is 16.7 Å². The van der Waals surface area contributed by atoms with Crippen LogP contribution < -0.4 is 14.2 Å². The van der Waals surface area contributed by atoms with Gasteiger partial charge in [-0.1, -0.05) is 12.1 Å². The molecule has 0 bridgehead atoms. The summed E-state index contributed by atoms with van der Waals surface area (Å²) in [5, 5.41) is 0. The summed E-state index contributed by atoms with van der Waals surface area (Å²) < 4.78 is 23.1. The maximum Gasteiger partial charge on any atom is 0.338 e. The Labute approximate surface area is 182 Å². The van der Waals surface area contributed by atoms with Crippen molar-refractivity contribution in [1.29, 1.82) is 0 Å². The van der Waals surface area contributed by atoms with Crippen molar-refractivity contribution in [3.63, 3.8) is 0 Å². The fourth-order valence-electron chi connectivity index (χ4n) is 5.09. The van der Waals surface area contributed by atoms with Gasteiger partial charge in [0.2, 0.25) is 0 Å². The molecule has 0 radical (unpaired) electrons.